The summed E-state index contributed by atoms with van der Waals surface area (Å²) in [5, 5.41) is 1.28. The number of para-hydroxylation sites is 1. The van der Waals surface area contributed by atoms with Crippen LogP contribution in [0, 0.1) is 0 Å². The van der Waals surface area contributed by atoms with Crippen molar-refractivity contribution in [3.63, 3.8) is 0 Å². The molecular weight excluding hydrogens is 330 g/mol. The number of thiocarbonyl (C=S) groups is 1. The van der Waals surface area contributed by atoms with Gasteiger partial charge >= 0.3 is 0 Å². The van der Waals surface area contributed by atoms with Crippen LogP contribution in [0.2, 0.25) is 0 Å². The monoisotopic (exact) mass is 349 g/mol. The van der Waals surface area contributed by atoms with E-state index in [4.69, 9.17) is 17.2 Å². The molecule has 1 aromatic heterocycles. The maximum atomic E-state index is 5.47. The van der Waals surface area contributed by atoms with Crippen LogP contribution in [0.4, 0.5) is 0 Å². The highest BCUT2D eigenvalue weighted by atomic mass is 32.2. The van der Waals surface area contributed by atoms with Gasteiger partial charge < -0.3 is 4.90 Å². The maximum absolute atomic E-state index is 5.47. The lowest BCUT2D eigenvalue weighted by Crippen LogP contribution is -2.42. The number of likely N-dealkylation sites (tertiary alicyclic amines) is 1. The molecule has 0 amide bonds. The molecule has 2 aromatic rings. The van der Waals surface area contributed by atoms with Gasteiger partial charge in [0.05, 0.1) is 22.9 Å². The molecule has 0 aliphatic carbocycles. The molecule has 1 unspecified atom stereocenters. The molecule has 0 spiro atoms. The van der Waals surface area contributed by atoms with Crippen LogP contribution in [0.5, 0.6) is 0 Å². The SMILES string of the molecule is S=C1SCCN1CN1CCCCC1c1nc2ccccc2s1. The van der Waals surface area contributed by atoms with Gasteiger partial charge in [0.1, 0.15) is 9.33 Å². The van der Waals surface area contributed by atoms with Crippen LogP contribution in [0.1, 0.15) is 30.3 Å². The van der Waals surface area contributed by atoms with Gasteiger partial charge in [0.2, 0.25) is 0 Å². The summed E-state index contributed by atoms with van der Waals surface area (Å²) < 4.78 is 2.36. The lowest BCUT2D eigenvalue weighted by Gasteiger charge is -2.37. The first kappa shape index (κ1) is 14.9. The van der Waals surface area contributed by atoms with E-state index in [9.17, 15) is 0 Å². The first-order chi connectivity index (χ1) is 10.8. The molecular formula is C16H19N3S3. The van der Waals surface area contributed by atoms with Crippen LogP contribution >= 0.6 is 35.3 Å². The Hall–Kier alpha value is -0.690. The average molecular weight is 350 g/mol. The normalized spacial score (nSPS) is 23.5. The fourth-order valence-corrected chi connectivity index (χ4v) is 5.60. The summed E-state index contributed by atoms with van der Waals surface area (Å²) >= 11 is 9.14. The van der Waals surface area contributed by atoms with Gasteiger partial charge in [-0.1, -0.05) is 42.5 Å². The summed E-state index contributed by atoms with van der Waals surface area (Å²) in [6.45, 7) is 3.21. The van der Waals surface area contributed by atoms with Gasteiger partial charge in [-0.2, -0.15) is 0 Å². The highest BCUT2D eigenvalue weighted by molar-refractivity contribution is 8.23. The van der Waals surface area contributed by atoms with Gasteiger partial charge in [-0.3, -0.25) is 4.90 Å². The summed E-state index contributed by atoms with van der Waals surface area (Å²) in [6, 6.07) is 8.93. The maximum Gasteiger partial charge on any atom is 0.137 e. The minimum atomic E-state index is 0.458. The Morgan fingerprint density at radius 3 is 2.95 bits per heavy atom. The third-order valence-corrected chi connectivity index (χ3v) is 7.05. The molecule has 4 rings (SSSR count). The Bertz CT molecular complexity index is 651. The molecule has 3 nitrogen and oxygen atoms in total. The molecule has 0 N–H and O–H groups in total. The van der Waals surface area contributed by atoms with Gasteiger partial charge in [-0.25, -0.2) is 4.98 Å². The first-order valence-corrected chi connectivity index (χ1v) is 10.0. The molecule has 3 heterocycles. The number of hydrogen-bond donors (Lipinski definition) is 0. The van der Waals surface area contributed by atoms with Gasteiger partial charge in [-0.15, -0.1) is 11.3 Å². The smallest absolute Gasteiger partial charge is 0.137 e. The molecule has 2 saturated heterocycles. The molecule has 2 aliphatic heterocycles. The minimum Gasteiger partial charge on any atom is -0.344 e. The van der Waals surface area contributed by atoms with Crippen LogP contribution in [-0.2, 0) is 0 Å². The Kier molecular flexibility index (Phi) is 4.35. The molecule has 0 saturated carbocycles. The van der Waals surface area contributed by atoms with Gasteiger partial charge in [-0.05, 0) is 25.0 Å². The summed E-state index contributed by atoms with van der Waals surface area (Å²) in [5.74, 6) is 1.14. The standard InChI is InChI=1S/C16H19N3S3/c20-16-19(9-10-21-16)11-18-8-4-3-6-13(18)15-17-12-5-1-2-7-14(12)22-15/h1-2,5,7,13H,3-4,6,8-11H2. The zero-order valence-corrected chi connectivity index (χ0v) is 14.9. The van der Waals surface area contributed by atoms with E-state index >= 15 is 0 Å². The zero-order valence-electron chi connectivity index (χ0n) is 12.4. The average Bonchev–Trinajstić information content (AvgIpc) is 3.14. The Labute approximate surface area is 144 Å². The van der Waals surface area contributed by atoms with Crippen LogP contribution < -0.4 is 0 Å². The number of hydrogen-bond acceptors (Lipinski definition) is 5. The van der Waals surface area contributed by atoms with Crippen LogP contribution in [0.3, 0.4) is 0 Å². The number of thiazole rings is 1. The van der Waals surface area contributed by atoms with E-state index in [1.807, 2.05) is 23.1 Å². The number of thioether (sulfide) groups is 1. The second-order valence-corrected chi connectivity index (χ2v) is 8.65. The Morgan fingerprint density at radius 1 is 1.23 bits per heavy atom. The molecule has 1 atom stereocenters. The zero-order chi connectivity index (χ0) is 14.9. The number of piperidine rings is 1. The van der Waals surface area contributed by atoms with Gasteiger partial charge in [0.15, 0.2) is 0 Å². The lowest BCUT2D eigenvalue weighted by atomic mass is 10.0. The first-order valence-electron chi connectivity index (χ1n) is 7.82. The molecule has 0 bridgehead atoms. The van der Waals surface area contributed by atoms with E-state index < -0.39 is 0 Å². The van der Waals surface area contributed by atoms with E-state index in [-0.39, 0.29) is 0 Å². The largest absolute Gasteiger partial charge is 0.344 e. The summed E-state index contributed by atoms with van der Waals surface area (Å²) in [6.07, 6.45) is 3.80. The predicted molar refractivity (Wildman–Crippen MR) is 99.5 cm³/mol. The predicted octanol–water partition coefficient (Wildman–Crippen LogP) is 4.11. The summed E-state index contributed by atoms with van der Waals surface area (Å²) in [4.78, 5) is 9.84. The quantitative estimate of drug-likeness (QED) is 0.774. The highest BCUT2D eigenvalue weighted by Gasteiger charge is 2.29. The van der Waals surface area contributed by atoms with E-state index in [2.05, 4.69) is 34.1 Å². The third-order valence-electron chi connectivity index (χ3n) is 4.41. The summed E-state index contributed by atoms with van der Waals surface area (Å²) in [5.41, 5.74) is 1.14. The van der Waals surface area contributed by atoms with Crippen molar-refractivity contribution in [3.05, 3.63) is 29.3 Å². The number of benzene rings is 1. The van der Waals surface area contributed by atoms with Crippen molar-refractivity contribution < 1.29 is 0 Å². The molecule has 1 aromatic carbocycles. The van der Waals surface area contributed by atoms with Crippen molar-refractivity contribution in [2.45, 2.75) is 25.3 Å². The van der Waals surface area contributed by atoms with E-state index in [0.29, 0.717) is 6.04 Å². The Morgan fingerprint density at radius 2 is 2.14 bits per heavy atom. The fraction of sp³-hybridized carbons (Fsp3) is 0.500. The third kappa shape index (κ3) is 2.89. The second kappa shape index (κ2) is 6.43. The number of fused-ring (bicyclic) bond motifs is 1. The van der Waals surface area contributed by atoms with Crippen molar-refractivity contribution in [2.75, 3.05) is 25.5 Å². The van der Waals surface area contributed by atoms with E-state index in [0.717, 1.165) is 35.3 Å². The lowest BCUT2D eigenvalue weighted by molar-refractivity contribution is 0.104. The van der Waals surface area contributed by atoms with Crippen molar-refractivity contribution in [2.24, 2.45) is 0 Å². The minimum absolute atomic E-state index is 0.458. The van der Waals surface area contributed by atoms with Crippen molar-refractivity contribution in [3.8, 4) is 0 Å². The number of rotatable bonds is 3. The second-order valence-electron chi connectivity index (χ2n) is 5.86. The molecule has 2 aliphatic rings. The van der Waals surface area contributed by atoms with E-state index in [1.165, 1.54) is 29.0 Å². The van der Waals surface area contributed by atoms with Gasteiger partial charge in [0.25, 0.3) is 0 Å². The fourth-order valence-electron chi connectivity index (χ4n) is 3.25. The van der Waals surface area contributed by atoms with Crippen molar-refractivity contribution in [1.29, 1.82) is 0 Å². The number of nitrogens with zero attached hydrogens (tertiary/aromatic N) is 3. The van der Waals surface area contributed by atoms with Crippen molar-refractivity contribution >= 4 is 49.9 Å². The Balaban J connectivity index is 1.58. The van der Waals surface area contributed by atoms with Crippen LogP contribution in [0.25, 0.3) is 10.2 Å². The number of aromatic nitrogens is 1. The topological polar surface area (TPSA) is 19.4 Å². The molecule has 2 fully saturated rings. The molecule has 22 heavy (non-hydrogen) atoms. The van der Waals surface area contributed by atoms with E-state index in [1.54, 1.807) is 0 Å². The molecule has 0 radical (unpaired) electrons. The van der Waals surface area contributed by atoms with Crippen LogP contribution in [-0.4, -0.2) is 44.6 Å². The van der Waals surface area contributed by atoms with Crippen LogP contribution in [0.15, 0.2) is 24.3 Å². The van der Waals surface area contributed by atoms with Crippen molar-refractivity contribution in [1.82, 2.24) is 14.8 Å². The highest BCUT2D eigenvalue weighted by Crippen LogP contribution is 2.36. The molecule has 6 heteroatoms. The van der Waals surface area contributed by atoms with Gasteiger partial charge in [0, 0.05) is 18.8 Å². The molecule has 116 valence electrons. The summed E-state index contributed by atoms with van der Waals surface area (Å²) in [7, 11) is 0.